The summed E-state index contributed by atoms with van der Waals surface area (Å²) in [6.45, 7) is 0.917. The molecule has 0 spiro atoms. The highest BCUT2D eigenvalue weighted by atomic mass is 16.5. The van der Waals surface area contributed by atoms with E-state index in [4.69, 9.17) is 9.47 Å². The Bertz CT molecular complexity index is 602. The van der Waals surface area contributed by atoms with Crippen LogP contribution in [0, 0.1) is 0 Å². The third kappa shape index (κ3) is 4.65. The molecule has 2 aromatic carbocycles. The predicted molar refractivity (Wildman–Crippen MR) is 91.3 cm³/mol. The van der Waals surface area contributed by atoms with Crippen molar-refractivity contribution in [1.29, 1.82) is 0 Å². The molecule has 0 heterocycles. The van der Waals surface area contributed by atoms with Crippen LogP contribution >= 0.6 is 0 Å². The summed E-state index contributed by atoms with van der Waals surface area (Å²) in [7, 11) is 0. The fourth-order valence-corrected chi connectivity index (χ4v) is 3.02. The first-order valence-corrected chi connectivity index (χ1v) is 8.39. The Kier molecular flexibility index (Phi) is 5.99. The third-order valence-electron chi connectivity index (χ3n) is 4.41. The molecular formula is C20H24O4. The van der Waals surface area contributed by atoms with Gasteiger partial charge in [0.15, 0.2) is 0 Å². The fourth-order valence-electron chi connectivity index (χ4n) is 3.02. The molecule has 4 nitrogen and oxygen atoms in total. The summed E-state index contributed by atoms with van der Waals surface area (Å²) in [6, 6.07) is 19.8. The quantitative estimate of drug-likeness (QED) is 0.856. The van der Waals surface area contributed by atoms with Crippen molar-refractivity contribution in [2.45, 2.75) is 50.5 Å². The minimum Gasteiger partial charge on any atom is -0.390 e. The highest BCUT2D eigenvalue weighted by molar-refractivity contribution is 5.14. The first kappa shape index (κ1) is 17.1. The van der Waals surface area contributed by atoms with E-state index in [9.17, 15) is 10.2 Å². The van der Waals surface area contributed by atoms with Gasteiger partial charge in [-0.2, -0.15) is 0 Å². The van der Waals surface area contributed by atoms with Crippen LogP contribution in [0.3, 0.4) is 0 Å². The zero-order chi connectivity index (χ0) is 16.8. The van der Waals surface area contributed by atoms with Crippen LogP contribution in [0.2, 0.25) is 0 Å². The Morgan fingerprint density at radius 2 is 1.29 bits per heavy atom. The highest BCUT2D eigenvalue weighted by Crippen LogP contribution is 2.26. The summed E-state index contributed by atoms with van der Waals surface area (Å²) in [5, 5.41) is 20.3. The second kappa shape index (κ2) is 8.40. The zero-order valence-corrected chi connectivity index (χ0v) is 13.6. The first-order valence-electron chi connectivity index (χ1n) is 8.39. The van der Waals surface area contributed by atoms with Gasteiger partial charge < -0.3 is 19.7 Å². The van der Waals surface area contributed by atoms with E-state index in [1.807, 2.05) is 60.7 Å². The number of hydrogen-bond acceptors (Lipinski definition) is 4. The first-order chi connectivity index (χ1) is 11.7. The average Bonchev–Trinajstić information content (AvgIpc) is 2.63. The monoisotopic (exact) mass is 328 g/mol. The highest BCUT2D eigenvalue weighted by Gasteiger charge is 2.37. The molecule has 2 N–H and O–H groups in total. The lowest BCUT2D eigenvalue weighted by atomic mass is 9.89. The Morgan fingerprint density at radius 3 is 1.88 bits per heavy atom. The van der Waals surface area contributed by atoms with Crippen LogP contribution in [0.4, 0.5) is 0 Å². The number of hydrogen-bond donors (Lipinski definition) is 2. The van der Waals surface area contributed by atoms with E-state index < -0.39 is 18.3 Å². The lowest BCUT2D eigenvalue weighted by molar-refractivity contribution is -0.156. The molecule has 128 valence electrons. The SMILES string of the molecule is OC1[C@H](O)C[C@@H](OCc2ccccc2)C[C@@H]1OCc1ccccc1. The van der Waals surface area contributed by atoms with Crippen LogP contribution in [0.25, 0.3) is 0 Å². The molecular weight excluding hydrogens is 304 g/mol. The van der Waals surface area contributed by atoms with Gasteiger partial charge in [-0.15, -0.1) is 0 Å². The molecule has 3 rings (SSSR count). The number of rotatable bonds is 6. The van der Waals surface area contributed by atoms with Crippen molar-refractivity contribution in [2.75, 3.05) is 0 Å². The van der Waals surface area contributed by atoms with Crippen molar-refractivity contribution in [2.24, 2.45) is 0 Å². The molecule has 0 radical (unpaired) electrons. The molecule has 1 aliphatic carbocycles. The molecule has 2 aromatic rings. The van der Waals surface area contributed by atoms with Crippen LogP contribution in [0.15, 0.2) is 60.7 Å². The molecule has 1 saturated carbocycles. The number of aliphatic hydroxyl groups excluding tert-OH is 2. The summed E-state index contributed by atoms with van der Waals surface area (Å²) >= 11 is 0. The van der Waals surface area contributed by atoms with E-state index in [1.165, 1.54) is 0 Å². The third-order valence-corrected chi connectivity index (χ3v) is 4.41. The lowest BCUT2D eigenvalue weighted by Gasteiger charge is -2.36. The summed E-state index contributed by atoms with van der Waals surface area (Å²) in [6.07, 6.45) is -1.22. The molecule has 4 heteroatoms. The van der Waals surface area contributed by atoms with Crippen molar-refractivity contribution < 1.29 is 19.7 Å². The van der Waals surface area contributed by atoms with E-state index in [0.29, 0.717) is 26.1 Å². The largest absolute Gasteiger partial charge is 0.390 e. The van der Waals surface area contributed by atoms with Crippen LogP contribution in [0.5, 0.6) is 0 Å². The van der Waals surface area contributed by atoms with Crippen LogP contribution in [0.1, 0.15) is 24.0 Å². The predicted octanol–water partition coefficient (Wildman–Crippen LogP) is 2.67. The molecule has 0 aromatic heterocycles. The van der Waals surface area contributed by atoms with Gasteiger partial charge in [-0.1, -0.05) is 60.7 Å². The van der Waals surface area contributed by atoms with Crippen molar-refractivity contribution in [3.8, 4) is 0 Å². The van der Waals surface area contributed by atoms with Gasteiger partial charge in [-0.05, 0) is 11.1 Å². The summed E-state index contributed by atoms with van der Waals surface area (Å²) < 4.78 is 11.8. The smallest absolute Gasteiger partial charge is 0.106 e. The van der Waals surface area contributed by atoms with Crippen molar-refractivity contribution in [3.63, 3.8) is 0 Å². The summed E-state index contributed by atoms with van der Waals surface area (Å²) in [5.41, 5.74) is 2.14. The zero-order valence-electron chi connectivity index (χ0n) is 13.6. The van der Waals surface area contributed by atoms with Crippen molar-refractivity contribution >= 4 is 0 Å². The van der Waals surface area contributed by atoms with E-state index >= 15 is 0 Å². The van der Waals surface area contributed by atoms with Crippen LogP contribution in [-0.4, -0.2) is 34.6 Å². The lowest BCUT2D eigenvalue weighted by Crippen LogP contribution is -2.48. The van der Waals surface area contributed by atoms with E-state index in [1.54, 1.807) is 0 Å². The minimum atomic E-state index is -0.870. The van der Waals surface area contributed by atoms with Crippen molar-refractivity contribution in [1.82, 2.24) is 0 Å². The number of benzene rings is 2. The Balaban J connectivity index is 1.53. The fraction of sp³-hybridized carbons (Fsp3) is 0.400. The van der Waals surface area contributed by atoms with Crippen LogP contribution < -0.4 is 0 Å². The molecule has 0 amide bonds. The maximum atomic E-state index is 10.2. The molecule has 4 atom stereocenters. The van der Waals surface area contributed by atoms with E-state index in [0.717, 1.165) is 11.1 Å². The topological polar surface area (TPSA) is 58.9 Å². The van der Waals surface area contributed by atoms with Gasteiger partial charge in [0.05, 0.1) is 31.5 Å². The maximum Gasteiger partial charge on any atom is 0.106 e. The van der Waals surface area contributed by atoms with Gasteiger partial charge in [0.25, 0.3) is 0 Å². The van der Waals surface area contributed by atoms with Gasteiger partial charge in [-0.25, -0.2) is 0 Å². The molecule has 1 aliphatic rings. The standard InChI is InChI=1S/C20H24O4/c21-18-11-17(23-13-15-7-3-1-4-8-15)12-19(20(18)22)24-14-16-9-5-2-6-10-16/h1-10,17-22H,11-14H2/t17-,18-,19+,20?/m1/s1. The van der Waals surface area contributed by atoms with E-state index in [2.05, 4.69) is 0 Å². The van der Waals surface area contributed by atoms with Gasteiger partial charge in [0, 0.05) is 12.8 Å². The van der Waals surface area contributed by atoms with Gasteiger partial charge in [-0.3, -0.25) is 0 Å². The van der Waals surface area contributed by atoms with E-state index in [-0.39, 0.29) is 6.10 Å². The number of ether oxygens (including phenoxy) is 2. The summed E-state index contributed by atoms with van der Waals surface area (Å²) in [4.78, 5) is 0. The molecule has 0 saturated heterocycles. The van der Waals surface area contributed by atoms with Crippen LogP contribution in [-0.2, 0) is 22.7 Å². The molecule has 0 bridgehead atoms. The number of aliphatic hydroxyl groups is 2. The van der Waals surface area contributed by atoms with Gasteiger partial charge in [0.2, 0.25) is 0 Å². The Hall–Kier alpha value is -1.72. The molecule has 24 heavy (non-hydrogen) atoms. The summed E-state index contributed by atoms with van der Waals surface area (Å²) in [5.74, 6) is 0. The molecule has 1 unspecified atom stereocenters. The van der Waals surface area contributed by atoms with Gasteiger partial charge >= 0.3 is 0 Å². The second-order valence-electron chi connectivity index (χ2n) is 6.28. The maximum absolute atomic E-state index is 10.2. The Morgan fingerprint density at radius 1 is 0.750 bits per heavy atom. The molecule has 0 aliphatic heterocycles. The minimum absolute atomic E-state index is 0.121. The van der Waals surface area contributed by atoms with Gasteiger partial charge in [0.1, 0.15) is 6.10 Å². The normalized spacial score (nSPS) is 27.1. The average molecular weight is 328 g/mol. The Labute approximate surface area is 142 Å². The van der Waals surface area contributed by atoms with Crippen molar-refractivity contribution in [3.05, 3.63) is 71.8 Å². The second-order valence-corrected chi connectivity index (χ2v) is 6.28. The molecule has 1 fully saturated rings.